The molecule has 2 heteroatoms. The van der Waals surface area contributed by atoms with E-state index in [1.54, 1.807) is 0 Å². The molecular weight excluding hydrogens is 296 g/mol. The van der Waals surface area contributed by atoms with Crippen molar-refractivity contribution in [2.75, 3.05) is 6.61 Å². The Bertz CT molecular complexity index is 909. The van der Waals surface area contributed by atoms with E-state index in [4.69, 9.17) is 4.74 Å². The van der Waals surface area contributed by atoms with Crippen LogP contribution in [0.1, 0.15) is 21.5 Å². The zero-order chi connectivity index (χ0) is 16.4. The Morgan fingerprint density at radius 1 is 0.750 bits per heavy atom. The largest absolute Gasteiger partial charge is 0.488 e. The number of rotatable bonds is 3. The van der Waals surface area contributed by atoms with Gasteiger partial charge in [-0.2, -0.15) is 0 Å². The van der Waals surface area contributed by atoms with E-state index in [-0.39, 0.29) is 12.4 Å². The van der Waals surface area contributed by atoms with Gasteiger partial charge in [0.2, 0.25) is 0 Å². The van der Waals surface area contributed by atoms with Gasteiger partial charge in [-0.3, -0.25) is 4.79 Å². The van der Waals surface area contributed by atoms with Crippen LogP contribution < -0.4 is 4.74 Å². The van der Waals surface area contributed by atoms with Crippen LogP contribution in [0.2, 0.25) is 0 Å². The van der Waals surface area contributed by atoms with Crippen molar-refractivity contribution < 1.29 is 9.53 Å². The molecule has 0 saturated heterocycles. The molecule has 4 rings (SSSR count). The summed E-state index contributed by atoms with van der Waals surface area (Å²) in [5.74, 6) is 0.838. The molecule has 0 aliphatic carbocycles. The number of Topliss-reactive ketones (excluding diaryl/α,β-unsaturated/α-hetero) is 1. The third-order valence-electron chi connectivity index (χ3n) is 4.20. The summed E-state index contributed by atoms with van der Waals surface area (Å²) < 4.78 is 5.85. The topological polar surface area (TPSA) is 26.3 Å². The first kappa shape index (κ1) is 14.5. The Kier molecular flexibility index (Phi) is 3.72. The summed E-state index contributed by atoms with van der Waals surface area (Å²) in [5, 5.41) is 0. The van der Waals surface area contributed by atoms with Crippen LogP contribution in [0.15, 0.2) is 90.5 Å². The Hall–Kier alpha value is -3.13. The lowest BCUT2D eigenvalue weighted by Gasteiger charge is -2.24. The molecule has 0 aromatic heterocycles. The van der Waals surface area contributed by atoms with Gasteiger partial charge in [0, 0.05) is 22.3 Å². The molecule has 0 bridgehead atoms. The molecule has 0 fully saturated rings. The van der Waals surface area contributed by atoms with Crippen LogP contribution >= 0.6 is 0 Å². The standard InChI is InChI=1S/C22H16O2/c23-22(17-11-5-2-6-12-17)19-15-24-20-14-8-7-13-18(20)21(19)16-9-3-1-4-10-16/h1-14H,15H2. The lowest BCUT2D eigenvalue weighted by atomic mass is 9.87. The first-order chi connectivity index (χ1) is 11.8. The maximum absolute atomic E-state index is 13.1. The minimum absolute atomic E-state index is 0.0176. The average Bonchev–Trinajstić information content (AvgIpc) is 2.68. The zero-order valence-electron chi connectivity index (χ0n) is 13.1. The number of hydrogen-bond donors (Lipinski definition) is 0. The third kappa shape index (κ3) is 2.52. The van der Waals surface area contributed by atoms with Crippen molar-refractivity contribution in [3.8, 4) is 5.75 Å². The normalized spacial score (nSPS) is 13.2. The first-order valence-electron chi connectivity index (χ1n) is 7.95. The molecule has 0 radical (unpaired) electrons. The molecule has 1 aliphatic heterocycles. The number of para-hydroxylation sites is 1. The first-order valence-corrected chi connectivity index (χ1v) is 7.95. The Morgan fingerprint density at radius 3 is 2.12 bits per heavy atom. The van der Waals surface area contributed by atoms with E-state index in [0.717, 1.165) is 22.4 Å². The SMILES string of the molecule is O=C(C1=C(c2ccccc2)c2ccccc2OC1)c1ccccc1. The maximum atomic E-state index is 13.1. The minimum Gasteiger partial charge on any atom is -0.488 e. The fourth-order valence-corrected chi connectivity index (χ4v) is 3.06. The highest BCUT2D eigenvalue weighted by Gasteiger charge is 2.26. The van der Waals surface area contributed by atoms with Gasteiger partial charge in [-0.15, -0.1) is 0 Å². The molecule has 2 nitrogen and oxygen atoms in total. The fourth-order valence-electron chi connectivity index (χ4n) is 3.06. The maximum Gasteiger partial charge on any atom is 0.193 e. The summed E-state index contributed by atoms with van der Waals surface area (Å²) >= 11 is 0. The lowest BCUT2D eigenvalue weighted by Crippen LogP contribution is -2.19. The highest BCUT2D eigenvalue weighted by molar-refractivity contribution is 6.15. The van der Waals surface area contributed by atoms with E-state index in [1.165, 1.54) is 0 Å². The van der Waals surface area contributed by atoms with Crippen molar-refractivity contribution in [2.24, 2.45) is 0 Å². The molecule has 1 aliphatic rings. The molecule has 0 N–H and O–H groups in total. The van der Waals surface area contributed by atoms with E-state index < -0.39 is 0 Å². The molecule has 0 amide bonds. The van der Waals surface area contributed by atoms with E-state index >= 15 is 0 Å². The summed E-state index contributed by atoms with van der Waals surface area (Å²) in [4.78, 5) is 13.1. The van der Waals surface area contributed by atoms with Gasteiger partial charge in [0.25, 0.3) is 0 Å². The fraction of sp³-hybridized carbons (Fsp3) is 0.0455. The summed E-state index contributed by atoms with van der Waals surface area (Å²) in [7, 11) is 0. The molecule has 116 valence electrons. The smallest absolute Gasteiger partial charge is 0.193 e. The minimum atomic E-state index is 0.0176. The van der Waals surface area contributed by atoms with Gasteiger partial charge in [-0.25, -0.2) is 0 Å². The van der Waals surface area contributed by atoms with Crippen LogP contribution in [0.3, 0.4) is 0 Å². The number of carbonyl (C=O) groups is 1. The summed E-state index contributed by atoms with van der Waals surface area (Å²) in [6.45, 7) is 0.287. The molecule has 0 atom stereocenters. The Labute approximate surface area is 141 Å². The van der Waals surface area contributed by atoms with Crippen molar-refractivity contribution >= 4 is 11.4 Å². The molecule has 3 aromatic carbocycles. The highest BCUT2D eigenvalue weighted by atomic mass is 16.5. The van der Waals surface area contributed by atoms with Crippen molar-refractivity contribution in [1.82, 2.24) is 0 Å². The quantitative estimate of drug-likeness (QED) is 0.652. The van der Waals surface area contributed by atoms with Gasteiger partial charge < -0.3 is 4.74 Å². The number of fused-ring (bicyclic) bond motifs is 1. The molecule has 3 aromatic rings. The van der Waals surface area contributed by atoms with Gasteiger partial charge in [-0.1, -0.05) is 78.9 Å². The Morgan fingerprint density at radius 2 is 1.38 bits per heavy atom. The van der Waals surface area contributed by atoms with Crippen molar-refractivity contribution in [2.45, 2.75) is 0 Å². The predicted molar refractivity (Wildman–Crippen MR) is 95.2 cm³/mol. The van der Waals surface area contributed by atoms with E-state index in [9.17, 15) is 4.79 Å². The third-order valence-corrected chi connectivity index (χ3v) is 4.20. The zero-order valence-corrected chi connectivity index (χ0v) is 13.1. The lowest BCUT2D eigenvalue weighted by molar-refractivity contribution is 0.102. The molecule has 0 unspecified atom stereocenters. The number of hydrogen-bond acceptors (Lipinski definition) is 2. The van der Waals surface area contributed by atoms with E-state index in [1.807, 2.05) is 84.9 Å². The van der Waals surface area contributed by atoms with Crippen LogP contribution in [-0.4, -0.2) is 12.4 Å². The van der Waals surface area contributed by atoms with Gasteiger partial charge in [-0.05, 0) is 11.6 Å². The van der Waals surface area contributed by atoms with Crippen molar-refractivity contribution in [3.63, 3.8) is 0 Å². The second kappa shape index (κ2) is 6.17. The number of ketones is 1. The van der Waals surface area contributed by atoms with Gasteiger partial charge in [0.15, 0.2) is 5.78 Å². The van der Waals surface area contributed by atoms with Crippen LogP contribution in [0.25, 0.3) is 5.57 Å². The highest BCUT2D eigenvalue weighted by Crippen LogP contribution is 2.38. The number of benzene rings is 3. The molecule has 24 heavy (non-hydrogen) atoms. The average molecular weight is 312 g/mol. The van der Waals surface area contributed by atoms with Crippen LogP contribution in [0.4, 0.5) is 0 Å². The number of carbonyl (C=O) groups excluding carboxylic acids is 1. The summed E-state index contributed by atoms with van der Waals surface area (Å²) in [5.41, 5.74) is 4.35. The van der Waals surface area contributed by atoms with Gasteiger partial charge in [0.05, 0.1) is 0 Å². The second-order valence-corrected chi connectivity index (χ2v) is 5.70. The summed E-state index contributed by atoms with van der Waals surface area (Å²) in [6.07, 6.45) is 0. The van der Waals surface area contributed by atoms with Crippen molar-refractivity contribution in [1.29, 1.82) is 0 Å². The molecule has 0 saturated carbocycles. The monoisotopic (exact) mass is 312 g/mol. The van der Waals surface area contributed by atoms with Crippen LogP contribution in [0.5, 0.6) is 5.75 Å². The van der Waals surface area contributed by atoms with Gasteiger partial charge >= 0.3 is 0 Å². The second-order valence-electron chi connectivity index (χ2n) is 5.70. The molecule has 1 heterocycles. The van der Waals surface area contributed by atoms with Crippen molar-refractivity contribution in [3.05, 3.63) is 107 Å². The van der Waals surface area contributed by atoms with Crippen LogP contribution in [-0.2, 0) is 0 Å². The summed E-state index contributed by atoms with van der Waals surface area (Å²) in [6, 6.07) is 27.3. The Balaban J connectivity index is 1.94. The van der Waals surface area contributed by atoms with Gasteiger partial charge in [0.1, 0.15) is 12.4 Å². The number of ether oxygens (including phenoxy) is 1. The van der Waals surface area contributed by atoms with E-state index in [2.05, 4.69) is 0 Å². The van der Waals surface area contributed by atoms with Crippen LogP contribution in [0, 0.1) is 0 Å². The predicted octanol–water partition coefficient (Wildman–Crippen LogP) is 4.76. The molecule has 0 spiro atoms. The molecular formula is C22H16O2. The van der Waals surface area contributed by atoms with E-state index in [0.29, 0.717) is 11.1 Å².